The highest BCUT2D eigenvalue weighted by Crippen LogP contribution is 2.23. The van der Waals surface area contributed by atoms with Crippen LogP contribution in [0.4, 0.5) is 20.6 Å². The average molecular weight is 352 g/mol. The monoisotopic (exact) mass is 352 g/mol. The fourth-order valence-electron chi connectivity index (χ4n) is 2.44. The normalized spacial score (nSPS) is 10.8. The number of carbonyl (C=O) groups is 1. The van der Waals surface area contributed by atoms with Gasteiger partial charge in [0, 0.05) is 29.0 Å². The third-order valence-electron chi connectivity index (χ3n) is 3.65. The van der Waals surface area contributed by atoms with E-state index in [-0.39, 0.29) is 5.69 Å². The van der Waals surface area contributed by atoms with Gasteiger partial charge in [-0.2, -0.15) is 0 Å². The number of carbonyl (C=O) groups excluding carboxylic acids is 1. The quantitative estimate of drug-likeness (QED) is 0.554. The van der Waals surface area contributed by atoms with Crippen molar-refractivity contribution in [3.63, 3.8) is 0 Å². The number of imidazole rings is 1. The third kappa shape index (κ3) is 3.22. The summed E-state index contributed by atoms with van der Waals surface area (Å²) >= 11 is 1.57. The molecule has 0 aliphatic rings. The predicted octanol–water partition coefficient (Wildman–Crippen LogP) is 4.85. The number of benzene rings is 2. The largest absolute Gasteiger partial charge is 0.323 e. The first-order valence-corrected chi connectivity index (χ1v) is 8.42. The number of hydrogen-bond donors (Lipinski definition) is 2. The van der Waals surface area contributed by atoms with E-state index in [1.165, 1.54) is 12.1 Å². The number of nitrogens with one attached hydrogen (secondary N) is 2. The molecule has 0 fully saturated rings. The van der Waals surface area contributed by atoms with Crippen LogP contribution in [0.15, 0.2) is 66.3 Å². The summed E-state index contributed by atoms with van der Waals surface area (Å²) in [6.45, 7) is 0. The van der Waals surface area contributed by atoms with Gasteiger partial charge in [-0.25, -0.2) is 14.2 Å². The van der Waals surface area contributed by atoms with Crippen LogP contribution in [0.2, 0.25) is 0 Å². The van der Waals surface area contributed by atoms with Crippen molar-refractivity contribution < 1.29 is 9.18 Å². The second kappa shape index (κ2) is 6.37. The third-order valence-corrected chi connectivity index (χ3v) is 4.42. The van der Waals surface area contributed by atoms with Crippen LogP contribution in [-0.4, -0.2) is 15.4 Å². The summed E-state index contributed by atoms with van der Waals surface area (Å²) in [5.74, 6) is -0.479. The molecule has 0 atom stereocenters. The molecule has 25 heavy (non-hydrogen) atoms. The van der Waals surface area contributed by atoms with Crippen molar-refractivity contribution in [1.82, 2.24) is 9.38 Å². The number of aromatic nitrogens is 2. The number of nitrogens with zero attached hydrogens (tertiary/aromatic N) is 2. The number of urea groups is 1. The summed E-state index contributed by atoms with van der Waals surface area (Å²) in [4.78, 5) is 17.4. The maximum Gasteiger partial charge on any atom is 0.323 e. The molecule has 0 spiro atoms. The van der Waals surface area contributed by atoms with Crippen molar-refractivity contribution in [3.8, 4) is 11.3 Å². The molecule has 2 heterocycles. The minimum absolute atomic E-state index is 0.134. The summed E-state index contributed by atoms with van der Waals surface area (Å²) in [7, 11) is 0. The number of thiazole rings is 1. The molecule has 0 bridgehead atoms. The molecule has 2 amide bonds. The molecule has 7 heteroatoms. The fraction of sp³-hybridized carbons (Fsp3) is 0. The van der Waals surface area contributed by atoms with Gasteiger partial charge in [0.15, 0.2) is 4.96 Å². The first kappa shape index (κ1) is 15.3. The van der Waals surface area contributed by atoms with E-state index in [2.05, 4.69) is 15.6 Å². The molecule has 2 aromatic carbocycles. The van der Waals surface area contributed by atoms with E-state index in [0.29, 0.717) is 5.69 Å². The Kier molecular flexibility index (Phi) is 3.91. The zero-order valence-electron chi connectivity index (χ0n) is 12.9. The molecule has 0 aliphatic carbocycles. The fourth-order valence-corrected chi connectivity index (χ4v) is 3.14. The molecule has 0 aliphatic heterocycles. The van der Waals surface area contributed by atoms with Gasteiger partial charge in [-0.1, -0.05) is 24.3 Å². The Morgan fingerprint density at radius 1 is 1.08 bits per heavy atom. The van der Waals surface area contributed by atoms with Gasteiger partial charge in [0.1, 0.15) is 5.82 Å². The van der Waals surface area contributed by atoms with Crippen LogP contribution in [0.1, 0.15) is 0 Å². The minimum atomic E-state index is -0.500. The molecular weight excluding hydrogens is 339 g/mol. The number of rotatable bonds is 3. The molecule has 0 unspecified atom stereocenters. The van der Waals surface area contributed by atoms with E-state index in [4.69, 9.17) is 0 Å². The van der Waals surface area contributed by atoms with Crippen molar-refractivity contribution in [2.75, 3.05) is 10.6 Å². The topological polar surface area (TPSA) is 58.4 Å². The van der Waals surface area contributed by atoms with E-state index in [9.17, 15) is 9.18 Å². The van der Waals surface area contributed by atoms with Gasteiger partial charge in [0.2, 0.25) is 0 Å². The van der Waals surface area contributed by atoms with Crippen molar-refractivity contribution in [2.45, 2.75) is 0 Å². The Bertz CT molecular complexity index is 1010. The average Bonchev–Trinajstić information content (AvgIpc) is 3.19. The number of hydrogen-bond acceptors (Lipinski definition) is 3. The van der Waals surface area contributed by atoms with Gasteiger partial charge in [-0.3, -0.25) is 4.40 Å². The second-order valence-electron chi connectivity index (χ2n) is 5.36. The van der Waals surface area contributed by atoms with Gasteiger partial charge in [0.25, 0.3) is 0 Å². The molecule has 4 rings (SSSR count). The second-order valence-corrected chi connectivity index (χ2v) is 6.23. The molecule has 0 saturated carbocycles. The predicted molar refractivity (Wildman–Crippen MR) is 97.5 cm³/mol. The highest BCUT2D eigenvalue weighted by molar-refractivity contribution is 7.15. The lowest BCUT2D eigenvalue weighted by Crippen LogP contribution is -2.20. The van der Waals surface area contributed by atoms with Crippen LogP contribution in [0, 0.1) is 5.82 Å². The number of amides is 2. The van der Waals surface area contributed by atoms with Crippen LogP contribution < -0.4 is 10.6 Å². The van der Waals surface area contributed by atoms with E-state index in [1.54, 1.807) is 35.6 Å². The van der Waals surface area contributed by atoms with Crippen LogP contribution in [0.25, 0.3) is 16.2 Å². The Hall–Kier alpha value is -3.19. The number of fused-ring (bicyclic) bond motifs is 1. The van der Waals surface area contributed by atoms with Crippen LogP contribution >= 0.6 is 11.3 Å². The number of halogens is 1. The maximum atomic E-state index is 13.5. The molecule has 4 aromatic rings. The van der Waals surface area contributed by atoms with Crippen molar-refractivity contribution in [1.29, 1.82) is 0 Å². The Morgan fingerprint density at radius 3 is 2.64 bits per heavy atom. The molecule has 2 N–H and O–H groups in total. The lowest BCUT2D eigenvalue weighted by atomic mass is 10.1. The highest BCUT2D eigenvalue weighted by atomic mass is 32.1. The zero-order valence-corrected chi connectivity index (χ0v) is 13.8. The van der Waals surface area contributed by atoms with Crippen LogP contribution in [0.5, 0.6) is 0 Å². The van der Waals surface area contributed by atoms with Gasteiger partial charge in [-0.15, -0.1) is 11.3 Å². The Balaban J connectivity index is 1.46. The van der Waals surface area contributed by atoms with Crippen LogP contribution in [0.3, 0.4) is 0 Å². The van der Waals surface area contributed by atoms with Gasteiger partial charge >= 0.3 is 6.03 Å². The van der Waals surface area contributed by atoms with Crippen LogP contribution in [-0.2, 0) is 0 Å². The molecule has 124 valence electrons. The molecular formula is C18H13FN4OS. The first-order valence-electron chi connectivity index (χ1n) is 7.54. The summed E-state index contributed by atoms with van der Waals surface area (Å²) in [5, 5.41) is 7.14. The minimum Gasteiger partial charge on any atom is -0.308 e. The molecule has 0 radical (unpaired) electrons. The number of anilines is 2. The highest BCUT2D eigenvalue weighted by Gasteiger charge is 2.08. The lowest BCUT2D eigenvalue weighted by Gasteiger charge is -2.08. The smallest absolute Gasteiger partial charge is 0.308 e. The Labute approximate surface area is 146 Å². The maximum absolute atomic E-state index is 13.5. The van der Waals surface area contributed by atoms with Crippen molar-refractivity contribution in [3.05, 3.63) is 72.1 Å². The summed E-state index contributed by atoms with van der Waals surface area (Å²) in [6.07, 6.45) is 3.92. The standard InChI is InChI=1S/C18H13FN4OS/c19-14-3-1-2-4-15(14)21-17(24)20-13-7-5-12(6-8-13)16-11-23-9-10-25-18(23)22-16/h1-11H,(H2,20,21,24). The zero-order chi connectivity index (χ0) is 17.2. The van der Waals surface area contributed by atoms with Gasteiger partial charge in [-0.05, 0) is 24.3 Å². The summed E-state index contributed by atoms with van der Waals surface area (Å²) < 4.78 is 15.5. The molecule has 0 saturated heterocycles. The summed E-state index contributed by atoms with van der Waals surface area (Å²) in [6, 6.07) is 12.8. The SMILES string of the molecule is O=C(Nc1ccc(-c2cn3ccsc3n2)cc1)Nc1ccccc1F. The van der Waals surface area contributed by atoms with Gasteiger partial charge < -0.3 is 10.6 Å². The van der Waals surface area contributed by atoms with E-state index < -0.39 is 11.8 Å². The van der Waals surface area contributed by atoms with E-state index >= 15 is 0 Å². The Morgan fingerprint density at radius 2 is 1.88 bits per heavy atom. The van der Waals surface area contributed by atoms with Crippen molar-refractivity contribution >= 4 is 33.7 Å². The van der Waals surface area contributed by atoms with Crippen molar-refractivity contribution in [2.24, 2.45) is 0 Å². The summed E-state index contributed by atoms with van der Waals surface area (Å²) in [5.41, 5.74) is 2.57. The first-order chi connectivity index (χ1) is 12.2. The molecule has 5 nitrogen and oxygen atoms in total. The molecule has 2 aromatic heterocycles. The van der Waals surface area contributed by atoms with E-state index in [0.717, 1.165) is 16.2 Å². The van der Waals surface area contributed by atoms with E-state index in [1.807, 2.05) is 34.3 Å². The lowest BCUT2D eigenvalue weighted by molar-refractivity contribution is 0.262. The van der Waals surface area contributed by atoms with Gasteiger partial charge in [0.05, 0.1) is 11.4 Å². The number of para-hydroxylation sites is 1.